The summed E-state index contributed by atoms with van der Waals surface area (Å²) in [5.74, 6) is -0.995. The predicted molar refractivity (Wildman–Crippen MR) is 66.8 cm³/mol. The lowest BCUT2D eigenvalue weighted by molar-refractivity contribution is -0.144. The van der Waals surface area contributed by atoms with Crippen LogP contribution in [0.4, 0.5) is 0 Å². The highest BCUT2D eigenvalue weighted by atomic mass is 16.4. The Morgan fingerprint density at radius 1 is 1.29 bits per heavy atom. The van der Waals surface area contributed by atoms with Gasteiger partial charge in [-0.3, -0.25) is 4.79 Å². The number of rotatable bonds is 3. The van der Waals surface area contributed by atoms with Gasteiger partial charge >= 0.3 is 5.97 Å². The number of hydrogen-bond donors (Lipinski definition) is 1. The molecular weight excluding hydrogens is 212 g/mol. The monoisotopic (exact) mass is 231 g/mol. The van der Waals surface area contributed by atoms with Crippen LogP contribution in [0.5, 0.6) is 0 Å². The molecule has 0 spiro atoms. The Morgan fingerprint density at radius 2 is 1.88 bits per heavy atom. The van der Waals surface area contributed by atoms with Crippen LogP contribution in [0.2, 0.25) is 0 Å². The molecular formula is C15H19O2. The van der Waals surface area contributed by atoms with Gasteiger partial charge in [-0.05, 0) is 24.5 Å². The van der Waals surface area contributed by atoms with Crippen molar-refractivity contribution in [3.05, 3.63) is 35.9 Å². The lowest BCUT2D eigenvalue weighted by Gasteiger charge is -2.41. The van der Waals surface area contributed by atoms with Crippen molar-refractivity contribution in [2.75, 3.05) is 0 Å². The van der Waals surface area contributed by atoms with Gasteiger partial charge in [-0.25, -0.2) is 0 Å². The molecule has 1 aliphatic rings. The summed E-state index contributed by atoms with van der Waals surface area (Å²) in [5, 5.41) is 9.35. The smallest absolute Gasteiger partial charge is 0.307 e. The molecule has 91 valence electrons. The molecule has 1 aliphatic carbocycles. The van der Waals surface area contributed by atoms with E-state index >= 15 is 0 Å². The Bertz CT molecular complexity index is 377. The fourth-order valence-corrected chi connectivity index (χ4v) is 3.11. The number of hydrogen-bond acceptors (Lipinski definition) is 1. The molecule has 1 fully saturated rings. The third kappa shape index (κ3) is 2.21. The number of aliphatic carboxylic acids is 1. The SMILES string of the molecule is CC(C(=O)O)C1(c2cc[c]cc2)CCCCC1. The van der Waals surface area contributed by atoms with Crippen molar-refractivity contribution in [3.8, 4) is 0 Å². The summed E-state index contributed by atoms with van der Waals surface area (Å²) in [6.07, 6.45) is 5.48. The molecule has 1 saturated carbocycles. The lowest BCUT2D eigenvalue weighted by Crippen LogP contribution is -2.40. The summed E-state index contributed by atoms with van der Waals surface area (Å²) < 4.78 is 0. The fraction of sp³-hybridized carbons (Fsp3) is 0.533. The Morgan fingerprint density at radius 3 is 2.41 bits per heavy atom. The zero-order chi connectivity index (χ0) is 12.3. The molecule has 0 aromatic heterocycles. The van der Waals surface area contributed by atoms with Crippen LogP contribution in [-0.4, -0.2) is 11.1 Å². The quantitative estimate of drug-likeness (QED) is 0.865. The second-order valence-corrected chi connectivity index (χ2v) is 5.07. The highest BCUT2D eigenvalue weighted by molar-refractivity contribution is 5.72. The van der Waals surface area contributed by atoms with Gasteiger partial charge in [-0.15, -0.1) is 0 Å². The summed E-state index contributed by atoms with van der Waals surface area (Å²) in [4.78, 5) is 11.4. The minimum atomic E-state index is -0.681. The molecule has 1 radical (unpaired) electrons. The van der Waals surface area contributed by atoms with E-state index in [0.29, 0.717) is 0 Å². The molecule has 0 heterocycles. The Hall–Kier alpha value is -1.31. The Labute approximate surface area is 103 Å². The first kappa shape index (κ1) is 12.2. The Kier molecular flexibility index (Phi) is 3.51. The molecule has 2 rings (SSSR count). The molecule has 1 N–H and O–H groups in total. The van der Waals surface area contributed by atoms with E-state index in [0.717, 1.165) is 25.7 Å². The minimum absolute atomic E-state index is 0.167. The summed E-state index contributed by atoms with van der Waals surface area (Å²) in [6, 6.07) is 10.9. The van der Waals surface area contributed by atoms with Crippen molar-refractivity contribution >= 4 is 5.97 Å². The van der Waals surface area contributed by atoms with Gasteiger partial charge < -0.3 is 5.11 Å². The predicted octanol–water partition coefficient (Wildman–Crippen LogP) is 3.41. The van der Waals surface area contributed by atoms with E-state index in [-0.39, 0.29) is 11.3 Å². The zero-order valence-electron chi connectivity index (χ0n) is 10.3. The molecule has 1 unspecified atom stereocenters. The van der Waals surface area contributed by atoms with E-state index in [9.17, 15) is 9.90 Å². The van der Waals surface area contributed by atoms with Crippen molar-refractivity contribution in [1.82, 2.24) is 0 Å². The van der Waals surface area contributed by atoms with Gasteiger partial charge in [0.1, 0.15) is 0 Å². The fourth-order valence-electron chi connectivity index (χ4n) is 3.11. The number of carboxylic acid groups (broad SMARTS) is 1. The summed E-state index contributed by atoms with van der Waals surface area (Å²) in [7, 11) is 0. The van der Waals surface area contributed by atoms with Gasteiger partial charge in [-0.1, -0.05) is 50.5 Å². The minimum Gasteiger partial charge on any atom is -0.481 e. The average Bonchev–Trinajstić information content (AvgIpc) is 2.39. The normalized spacial score (nSPS) is 20.8. The summed E-state index contributed by atoms with van der Waals surface area (Å²) >= 11 is 0. The van der Waals surface area contributed by atoms with E-state index in [2.05, 4.69) is 6.07 Å². The lowest BCUT2D eigenvalue weighted by atomic mass is 9.62. The molecule has 2 heteroatoms. The maximum atomic E-state index is 11.4. The third-order valence-electron chi connectivity index (χ3n) is 4.24. The number of carbonyl (C=O) groups is 1. The summed E-state index contributed by atoms with van der Waals surface area (Å²) in [6.45, 7) is 1.85. The van der Waals surface area contributed by atoms with Crippen LogP contribution in [-0.2, 0) is 10.2 Å². The topological polar surface area (TPSA) is 37.3 Å². The first-order valence-corrected chi connectivity index (χ1v) is 6.36. The number of benzene rings is 1. The maximum absolute atomic E-state index is 11.4. The van der Waals surface area contributed by atoms with Crippen LogP contribution >= 0.6 is 0 Å². The van der Waals surface area contributed by atoms with Crippen molar-refractivity contribution < 1.29 is 9.90 Å². The van der Waals surface area contributed by atoms with E-state index in [1.807, 2.05) is 31.2 Å². The third-order valence-corrected chi connectivity index (χ3v) is 4.24. The summed E-state index contributed by atoms with van der Waals surface area (Å²) in [5.41, 5.74) is 1.00. The molecule has 2 nitrogen and oxygen atoms in total. The second-order valence-electron chi connectivity index (χ2n) is 5.07. The highest BCUT2D eigenvalue weighted by Crippen LogP contribution is 2.45. The van der Waals surface area contributed by atoms with E-state index in [1.54, 1.807) is 0 Å². The van der Waals surface area contributed by atoms with Crippen LogP contribution in [0, 0.1) is 12.0 Å². The van der Waals surface area contributed by atoms with Gasteiger partial charge in [0.05, 0.1) is 5.92 Å². The van der Waals surface area contributed by atoms with Crippen LogP contribution in [0.25, 0.3) is 0 Å². The Balaban J connectivity index is 2.39. The zero-order valence-corrected chi connectivity index (χ0v) is 10.3. The van der Waals surface area contributed by atoms with Crippen molar-refractivity contribution in [2.45, 2.75) is 44.4 Å². The molecule has 1 atom stereocenters. The molecule has 0 amide bonds. The van der Waals surface area contributed by atoms with Gasteiger partial charge in [-0.2, -0.15) is 0 Å². The molecule has 1 aromatic rings. The first-order valence-electron chi connectivity index (χ1n) is 6.36. The molecule has 0 bridgehead atoms. The standard InChI is InChI=1S/C15H19O2/c1-12(14(16)17)15(10-6-3-7-11-15)13-8-4-2-5-9-13/h4-5,8-9,12H,3,6-7,10-11H2,1H3,(H,16,17). The van der Waals surface area contributed by atoms with E-state index in [1.165, 1.54) is 12.0 Å². The molecule has 0 aliphatic heterocycles. The van der Waals surface area contributed by atoms with Crippen LogP contribution in [0.15, 0.2) is 24.3 Å². The van der Waals surface area contributed by atoms with Gasteiger partial charge in [0, 0.05) is 5.41 Å². The maximum Gasteiger partial charge on any atom is 0.307 e. The molecule has 0 saturated heterocycles. The van der Waals surface area contributed by atoms with E-state index < -0.39 is 5.97 Å². The largest absolute Gasteiger partial charge is 0.481 e. The van der Waals surface area contributed by atoms with Gasteiger partial charge in [0.2, 0.25) is 0 Å². The van der Waals surface area contributed by atoms with Gasteiger partial charge in [0.15, 0.2) is 0 Å². The number of carboxylic acids is 1. The molecule has 17 heavy (non-hydrogen) atoms. The second kappa shape index (κ2) is 4.91. The molecule has 1 aromatic carbocycles. The van der Waals surface area contributed by atoms with Crippen molar-refractivity contribution in [2.24, 2.45) is 5.92 Å². The van der Waals surface area contributed by atoms with Gasteiger partial charge in [0.25, 0.3) is 0 Å². The van der Waals surface area contributed by atoms with Crippen LogP contribution < -0.4 is 0 Å². The first-order chi connectivity index (χ1) is 8.17. The van der Waals surface area contributed by atoms with Crippen LogP contribution in [0.3, 0.4) is 0 Å². The van der Waals surface area contributed by atoms with E-state index in [4.69, 9.17) is 0 Å². The average molecular weight is 231 g/mol. The van der Waals surface area contributed by atoms with Crippen LogP contribution in [0.1, 0.15) is 44.6 Å². The van der Waals surface area contributed by atoms with Crippen molar-refractivity contribution in [1.29, 1.82) is 0 Å². The highest BCUT2D eigenvalue weighted by Gasteiger charge is 2.42. The van der Waals surface area contributed by atoms with Crippen molar-refractivity contribution in [3.63, 3.8) is 0 Å².